The third kappa shape index (κ3) is 6.60. The van der Waals surface area contributed by atoms with Crippen LogP contribution in [-0.4, -0.2) is 0 Å². The predicted molar refractivity (Wildman–Crippen MR) is 102 cm³/mol. The highest BCUT2D eigenvalue weighted by Gasteiger charge is 2.01. The number of benzene rings is 2. The summed E-state index contributed by atoms with van der Waals surface area (Å²) < 4.78 is 0. The van der Waals surface area contributed by atoms with Crippen LogP contribution in [-0.2, 0) is 25.7 Å². The van der Waals surface area contributed by atoms with Gasteiger partial charge in [0.25, 0.3) is 0 Å². The second-order valence-electron chi connectivity index (χ2n) is 7.68. The van der Waals surface area contributed by atoms with Crippen molar-refractivity contribution in [3.63, 3.8) is 0 Å². The average molecular weight is 309 g/mol. The van der Waals surface area contributed by atoms with E-state index in [1.807, 2.05) is 0 Å². The molecule has 0 aromatic heterocycles. The van der Waals surface area contributed by atoms with Gasteiger partial charge in [-0.1, -0.05) is 76.2 Å². The first kappa shape index (κ1) is 17.8. The minimum atomic E-state index is 0.736. The molecule has 0 atom stereocenters. The van der Waals surface area contributed by atoms with Crippen molar-refractivity contribution in [3.05, 3.63) is 70.8 Å². The lowest BCUT2D eigenvalue weighted by atomic mass is 9.98. The van der Waals surface area contributed by atoms with Gasteiger partial charge < -0.3 is 0 Å². The molecule has 0 aliphatic carbocycles. The summed E-state index contributed by atoms with van der Waals surface area (Å²) in [6.45, 7) is 9.11. The molecule has 2 aromatic rings. The topological polar surface area (TPSA) is 0 Å². The first-order chi connectivity index (χ1) is 11.0. The molecule has 0 bridgehead atoms. The van der Waals surface area contributed by atoms with Crippen LogP contribution >= 0.6 is 0 Å². The Morgan fingerprint density at radius 2 is 0.826 bits per heavy atom. The van der Waals surface area contributed by atoms with Crippen LogP contribution in [0.4, 0.5) is 0 Å². The fourth-order valence-corrected chi connectivity index (χ4v) is 3.12. The smallest absolute Gasteiger partial charge is 0.0256 e. The van der Waals surface area contributed by atoms with Gasteiger partial charge >= 0.3 is 0 Å². The number of aryl methyl sites for hydroxylation is 2. The van der Waals surface area contributed by atoms with Crippen molar-refractivity contribution in [1.29, 1.82) is 0 Å². The van der Waals surface area contributed by atoms with Crippen LogP contribution < -0.4 is 0 Å². The molecule has 0 radical (unpaired) electrons. The van der Waals surface area contributed by atoms with E-state index in [0.717, 1.165) is 11.8 Å². The first-order valence-electron chi connectivity index (χ1n) is 9.18. The Bertz CT molecular complexity index is 504. The Morgan fingerprint density at radius 1 is 0.522 bits per heavy atom. The van der Waals surface area contributed by atoms with Gasteiger partial charge in [-0.3, -0.25) is 0 Å². The van der Waals surface area contributed by atoms with Gasteiger partial charge in [0.05, 0.1) is 0 Å². The molecule has 23 heavy (non-hydrogen) atoms. The zero-order valence-electron chi connectivity index (χ0n) is 15.3. The summed E-state index contributed by atoms with van der Waals surface area (Å²) in [7, 11) is 0. The quantitative estimate of drug-likeness (QED) is 0.540. The van der Waals surface area contributed by atoms with Crippen molar-refractivity contribution in [3.8, 4) is 0 Å². The van der Waals surface area contributed by atoms with Gasteiger partial charge in [0.2, 0.25) is 0 Å². The molecule has 0 nitrogen and oxygen atoms in total. The maximum Gasteiger partial charge on any atom is -0.0256 e. The van der Waals surface area contributed by atoms with E-state index in [2.05, 4.69) is 76.2 Å². The van der Waals surface area contributed by atoms with E-state index in [-0.39, 0.29) is 0 Å². The van der Waals surface area contributed by atoms with Crippen LogP contribution in [0.5, 0.6) is 0 Å². The molecule has 0 aliphatic rings. The van der Waals surface area contributed by atoms with Gasteiger partial charge in [0, 0.05) is 0 Å². The van der Waals surface area contributed by atoms with E-state index < -0.39 is 0 Å². The molecule has 0 saturated heterocycles. The lowest BCUT2D eigenvalue weighted by Crippen LogP contribution is -1.96. The Morgan fingerprint density at radius 3 is 1.13 bits per heavy atom. The minimum absolute atomic E-state index is 0.736. The Balaban J connectivity index is 1.78. The van der Waals surface area contributed by atoms with E-state index >= 15 is 0 Å². The lowest BCUT2D eigenvalue weighted by molar-refractivity contribution is 0.647. The summed E-state index contributed by atoms with van der Waals surface area (Å²) in [5, 5.41) is 0. The lowest BCUT2D eigenvalue weighted by Gasteiger charge is -2.08. The molecule has 0 amide bonds. The minimum Gasteiger partial charge on any atom is -0.0625 e. The fraction of sp³-hybridized carbons (Fsp3) is 0.478. The molecule has 2 aromatic carbocycles. The third-order valence-corrected chi connectivity index (χ3v) is 4.26. The maximum atomic E-state index is 2.31. The van der Waals surface area contributed by atoms with Crippen LogP contribution in [0.2, 0.25) is 0 Å². The normalized spacial score (nSPS) is 11.4. The summed E-state index contributed by atoms with van der Waals surface area (Å²) in [6.07, 6.45) is 5.95. The van der Waals surface area contributed by atoms with Crippen molar-refractivity contribution in [1.82, 2.24) is 0 Å². The molecule has 0 spiro atoms. The second-order valence-corrected chi connectivity index (χ2v) is 7.68. The van der Waals surface area contributed by atoms with E-state index in [0.29, 0.717) is 0 Å². The first-order valence-corrected chi connectivity index (χ1v) is 9.18. The standard InChI is InChI=1S/C23H32/c1-18(2)16-22-12-8-20(9-13-22)6-5-7-21-10-14-23(15-11-21)17-19(3)4/h8-15,18-19H,5-7,16-17H2,1-4H3. The summed E-state index contributed by atoms with van der Waals surface area (Å²) in [5.74, 6) is 1.47. The van der Waals surface area contributed by atoms with Crippen molar-refractivity contribution in [2.75, 3.05) is 0 Å². The van der Waals surface area contributed by atoms with Crippen molar-refractivity contribution in [2.24, 2.45) is 11.8 Å². The highest BCUT2D eigenvalue weighted by atomic mass is 14.1. The largest absolute Gasteiger partial charge is 0.0625 e. The zero-order valence-corrected chi connectivity index (χ0v) is 15.3. The average Bonchev–Trinajstić information content (AvgIpc) is 2.50. The Hall–Kier alpha value is -1.56. The third-order valence-electron chi connectivity index (χ3n) is 4.26. The molecule has 0 heterocycles. The molecule has 0 aliphatic heterocycles. The van der Waals surface area contributed by atoms with E-state index in [1.165, 1.54) is 54.4 Å². The zero-order chi connectivity index (χ0) is 16.7. The van der Waals surface area contributed by atoms with E-state index in [9.17, 15) is 0 Å². The SMILES string of the molecule is CC(C)Cc1ccc(CCCc2ccc(CC(C)C)cc2)cc1. The molecule has 0 fully saturated rings. The van der Waals surface area contributed by atoms with Crippen LogP contribution in [0, 0.1) is 11.8 Å². The molecule has 2 rings (SSSR count). The molecule has 0 unspecified atom stereocenters. The molecule has 0 saturated carbocycles. The van der Waals surface area contributed by atoms with Gasteiger partial charge in [-0.2, -0.15) is 0 Å². The predicted octanol–water partition coefficient (Wildman–Crippen LogP) is 6.26. The van der Waals surface area contributed by atoms with Gasteiger partial charge in [0.15, 0.2) is 0 Å². The van der Waals surface area contributed by atoms with Crippen molar-refractivity contribution in [2.45, 2.75) is 59.8 Å². The summed E-state index contributed by atoms with van der Waals surface area (Å²) >= 11 is 0. The number of rotatable bonds is 8. The van der Waals surface area contributed by atoms with Crippen molar-refractivity contribution >= 4 is 0 Å². The summed E-state index contributed by atoms with van der Waals surface area (Å²) in [5.41, 5.74) is 5.86. The summed E-state index contributed by atoms with van der Waals surface area (Å²) in [6, 6.07) is 18.4. The second kappa shape index (κ2) is 8.91. The van der Waals surface area contributed by atoms with Crippen molar-refractivity contribution < 1.29 is 0 Å². The van der Waals surface area contributed by atoms with E-state index in [1.54, 1.807) is 0 Å². The Labute approximate surface area is 143 Å². The number of hydrogen-bond acceptors (Lipinski definition) is 0. The van der Waals surface area contributed by atoms with Gasteiger partial charge in [-0.15, -0.1) is 0 Å². The maximum absolute atomic E-state index is 2.31. The van der Waals surface area contributed by atoms with Gasteiger partial charge in [-0.05, 0) is 66.2 Å². The van der Waals surface area contributed by atoms with Crippen LogP contribution in [0.25, 0.3) is 0 Å². The summed E-state index contributed by atoms with van der Waals surface area (Å²) in [4.78, 5) is 0. The van der Waals surface area contributed by atoms with Gasteiger partial charge in [0.1, 0.15) is 0 Å². The van der Waals surface area contributed by atoms with Gasteiger partial charge in [-0.25, -0.2) is 0 Å². The van der Waals surface area contributed by atoms with Crippen LogP contribution in [0.3, 0.4) is 0 Å². The Kier molecular flexibility index (Phi) is 6.89. The molecule has 124 valence electrons. The monoisotopic (exact) mass is 308 g/mol. The highest BCUT2D eigenvalue weighted by molar-refractivity contribution is 5.25. The van der Waals surface area contributed by atoms with E-state index in [4.69, 9.17) is 0 Å². The molecule has 0 N–H and O–H groups in total. The van der Waals surface area contributed by atoms with Crippen LogP contribution in [0.1, 0.15) is 56.4 Å². The molecular formula is C23H32. The van der Waals surface area contributed by atoms with Crippen LogP contribution in [0.15, 0.2) is 48.5 Å². The fourth-order valence-electron chi connectivity index (χ4n) is 3.12. The highest BCUT2D eigenvalue weighted by Crippen LogP contribution is 2.14. The number of hydrogen-bond donors (Lipinski definition) is 0. The molecular weight excluding hydrogens is 276 g/mol. The molecule has 0 heteroatoms.